The second kappa shape index (κ2) is 5.03. The molecule has 0 saturated carbocycles. The molecule has 0 saturated heterocycles. The van der Waals surface area contributed by atoms with E-state index in [0.29, 0.717) is 0 Å². The van der Waals surface area contributed by atoms with E-state index in [-0.39, 0.29) is 5.56 Å². The Kier molecular flexibility index (Phi) is 3.72. The summed E-state index contributed by atoms with van der Waals surface area (Å²) in [7, 11) is 0. The van der Waals surface area contributed by atoms with Crippen LogP contribution in [-0.4, -0.2) is 11.5 Å². The Bertz CT molecular complexity index is 530. The molecule has 0 fully saturated rings. The minimum Gasteiger partial charge on any atom is -0.382 e. The molecule has 0 unspecified atom stereocenters. The monoisotopic (exact) mass is 237 g/mol. The zero-order valence-electron chi connectivity index (χ0n) is 8.88. The van der Waals surface area contributed by atoms with Gasteiger partial charge in [0.2, 0.25) is 5.71 Å². The average Bonchev–Trinajstić information content (AvgIpc) is 2.28. The molecule has 0 aliphatic rings. The lowest BCUT2D eigenvalue weighted by Crippen LogP contribution is -2.22. The van der Waals surface area contributed by atoms with E-state index in [1.165, 1.54) is 19.1 Å². The predicted octanol–water partition coefficient (Wildman–Crippen LogP) is 1.50. The summed E-state index contributed by atoms with van der Waals surface area (Å²) in [6.45, 7) is 1.46. The number of hydrazone groups is 1. The third-order valence-electron chi connectivity index (χ3n) is 1.92. The van der Waals surface area contributed by atoms with Crippen molar-refractivity contribution in [3.63, 3.8) is 0 Å². The number of hydrogen-bond acceptors (Lipinski definition) is 4. The number of nitrogens with zero attached hydrogens (tertiary/aromatic N) is 2. The van der Waals surface area contributed by atoms with Crippen LogP contribution in [0.1, 0.15) is 5.56 Å². The van der Waals surface area contributed by atoms with Gasteiger partial charge in [0.05, 0.1) is 0 Å². The van der Waals surface area contributed by atoms with Crippen molar-refractivity contribution in [2.24, 2.45) is 10.8 Å². The first-order chi connectivity index (χ1) is 7.97. The fraction of sp³-hybridized carbons (Fsp3) is 0.100. The van der Waals surface area contributed by atoms with Crippen LogP contribution in [0.4, 0.5) is 14.5 Å². The van der Waals surface area contributed by atoms with Crippen LogP contribution in [0.3, 0.4) is 0 Å². The number of nitrogens with two attached hydrogens (primary N) is 1. The van der Waals surface area contributed by atoms with Crippen LogP contribution in [0.25, 0.3) is 0 Å². The third-order valence-corrected chi connectivity index (χ3v) is 1.92. The predicted molar refractivity (Wildman–Crippen MR) is 59.7 cm³/mol. The van der Waals surface area contributed by atoms with E-state index >= 15 is 0 Å². The van der Waals surface area contributed by atoms with Gasteiger partial charge >= 0.3 is 0 Å². The number of nitriles is 1. The SMILES string of the molecule is Cc1ccc(F)c(N/N=C(\C#N)C(=N)N)c1F. The molecule has 0 amide bonds. The molecule has 0 aliphatic carbocycles. The first-order valence-electron chi connectivity index (χ1n) is 4.50. The van der Waals surface area contributed by atoms with Crippen molar-refractivity contribution in [1.82, 2.24) is 0 Å². The van der Waals surface area contributed by atoms with Crippen LogP contribution in [0.5, 0.6) is 0 Å². The Balaban J connectivity index is 3.09. The first kappa shape index (κ1) is 12.6. The Morgan fingerprint density at radius 2 is 2.18 bits per heavy atom. The fourth-order valence-corrected chi connectivity index (χ4v) is 1.02. The minimum absolute atomic E-state index is 0.227. The lowest BCUT2D eigenvalue weighted by molar-refractivity contribution is 0.583. The molecular formula is C10H9F2N5. The number of amidine groups is 1. The molecule has 0 heterocycles. The molecule has 0 atom stereocenters. The maximum absolute atomic E-state index is 13.5. The summed E-state index contributed by atoms with van der Waals surface area (Å²) >= 11 is 0. The maximum Gasteiger partial charge on any atom is 0.201 e. The Labute approximate surface area is 96.1 Å². The first-order valence-corrected chi connectivity index (χ1v) is 4.50. The Hall–Kier alpha value is -2.49. The van der Waals surface area contributed by atoms with Gasteiger partial charge in [-0.15, -0.1) is 0 Å². The van der Waals surface area contributed by atoms with Crippen LogP contribution < -0.4 is 11.2 Å². The van der Waals surface area contributed by atoms with Crippen LogP contribution in [-0.2, 0) is 0 Å². The summed E-state index contributed by atoms with van der Waals surface area (Å²) in [5.74, 6) is -2.25. The normalized spacial score (nSPS) is 10.8. The van der Waals surface area contributed by atoms with Crippen LogP contribution in [0.2, 0.25) is 0 Å². The zero-order chi connectivity index (χ0) is 13.0. The van der Waals surface area contributed by atoms with Crippen LogP contribution >= 0.6 is 0 Å². The number of rotatable bonds is 3. The Morgan fingerprint density at radius 3 is 2.71 bits per heavy atom. The molecular weight excluding hydrogens is 228 g/mol. The molecule has 5 nitrogen and oxygen atoms in total. The van der Waals surface area contributed by atoms with Gasteiger partial charge in [0, 0.05) is 0 Å². The molecule has 0 aromatic heterocycles. The van der Waals surface area contributed by atoms with Crippen molar-refractivity contribution in [2.45, 2.75) is 6.92 Å². The van der Waals surface area contributed by atoms with Gasteiger partial charge in [-0.25, -0.2) is 8.78 Å². The van der Waals surface area contributed by atoms with Gasteiger partial charge in [0.15, 0.2) is 17.5 Å². The molecule has 88 valence electrons. The number of aryl methyl sites for hydroxylation is 1. The van der Waals surface area contributed by atoms with E-state index in [1.54, 1.807) is 0 Å². The maximum atomic E-state index is 13.5. The fourth-order valence-electron chi connectivity index (χ4n) is 1.02. The molecule has 17 heavy (non-hydrogen) atoms. The molecule has 7 heteroatoms. The van der Waals surface area contributed by atoms with Gasteiger partial charge in [-0.05, 0) is 18.6 Å². The van der Waals surface area contributed by atoms with Gasteiger partial charge in [-0.2, -0.15) is 10.4 Å². The molecule has 0 radical (unpaired) electrons. The van der Waals surface area contributed by atoms with Crippen LogP contribution in [0.15, 0.2) is 17.2 Å². The lowest BCUT2D eigenvalue weighted by Gasteiger charge is -2.06. The van der Waals surface area contributed by atoms with E-state index in [2.05, 4.69) is 5.10 Å². The summed E-state index contributed by atoms with van der Waals surface area (Å²) in [4.78, 5) is 0. The third kappa shape index (κ3) is 2.75. The topological polar surface area (TPSA) is 98.0 Å². The molecule has 4 N–H and O–H groups in total. The van der Waals surface area contributed by atoms with Crippen LogP contribution in [0, 0.1) is 35.3 Å². The van der Waals surface area contributed by atoms with Crippen molar-refractivity contribution >= 4 is 17.2 Å². The highest BCUT2D eigenvalue weighted by Gasteiger charge is 2.11. The summed E-state index contributed by atoms with van der Waals surface area (Å²) in [6.07, 6.45) is 0. The molecule has 1 aromatic carbocycles. The highest BCUT2D eigenvalue weighted by Crippen LogP contribution is 2.21. The van der Waals surface area contributed by atoms with Gasteiger partial charge in [0.25, 0.3) is 0 Å². The highest BCUT2D eigenvalue weighted by atomic mass is 19.1. The molecule has 0 spiro atoms. The zero-order valence-corrected chi connectivity index (χ0v) is 8.88. The molecule has 0 aliphatic heterocycles. The standard InChI is InChI=1S/C10H9F2N5/c1-5-2-3-6(11)9(8(5)12)17-16-7(4-13)10(14)15/h2-3,17H,1H3,(H3,14,15)/b16-7+. The number of benzene rings is 1. The number of halogens is 2. The van der Waals surface area contributed by atoms with Crippen molar-refractivity contribution in [3.05, 3.63) is 29.3 Å². The number of nitrogens with one attached hydrogen (secondary N) is 2. The smallest absolute Gasteiger partial charge is 0.201 e. The molecule has 1 aromatic rings. The summed E-state index contributed by atoms with van der Waals surface area (Å²) in [5, 5.41) is 18.9. The van der Waals surface area contributed by atoms with E-state index in [0.717, 1.165) is 6.07 Å². The largest absolute Gasteiger partial charge is 0.382 e. The van der Waals surface area contributed by atoms with E-state index in [4.69, 9.17) is 16.4 Å². The molecule has 1 rings (SSSR count). The van der Waals surface area contributed by atoms with Crippen molar-refractivity contribution in [2.75, 3.05) is 5.43 Å². The number of anilines is 1. The lowest BCUT2D eigenvalue weighted by atomic mass is 10.2. The Morgan fingerprint density at radius 1 is 1.53 bits per heavy atom. The summed E-state index contributed by atoms with van der Waals surface area (Å²) < 4.78 is 26.7. The van der Waals surface area contributed by atoms with Crippen molar-refractivity contribution in [1.29, 1.82) is 10.7 Å². The second-order valence-electron chi connectivity index (χ2n) is 3.15. The summed E-state index contributed by atoms with van der Waals surface area (Å²) in [5.41, 5.74) is 6.36. The second-order valence-corrected chi connectivity index (χ2v) is 3.15. The van der Waals surface area contributed by atoms with Crippen molar-refractivity contribution < 1.29 is 8.78 Å². The molecule has 0 bridgehead atoms. The van der Waals surface area contributed by atoms with Gasteiger partial charge < -0.3 is 5.73 Å². The van der Waals surface area contributed by atoms with E-state index in [1.807, 2.05) is 5.43 Å². The number of hydrogen-bond donors (Lipinski definition) is 3. The van der Waals surface area contributed by atoms with E-state index in [9.17, 15) is 8.78 Å². The van der Waals surface area contributed by atoms with Gasteiger partial charge in [0.1, 0.15) is 11.8 Å². The summed E-state index contributed by atoms with van der Waals surface area (Å²) in [6, 6.07) is 3.86. The quantitative estimate of drug-likeness (QED) is 0.422. The minimum atomic E-state index is -0.849. The highest BCUT2D eigenvalue weighted by molar-refractivity contribution is 6.45. The van der Waals surface area contributed by atoms with Gasteiger partial charge in [-0.3, -0.25) is 10.8 Å². The van der Waals surface area contributed by atoms with Gasteiger partial charge in [-0.1, -0.05) is 6.07 Å². The van der Waals surface area contributed by atoms with E-state index < -0.39 is 28.9 Å². The average molecular weight is 237 g/mol. The van der Waals surface area contributed by atoms with Crippen molar-refractivity contribution in [3.8, 4) is 6.07 Å².